The van der Waals surface area contributed by atoms with Gasteiger partial charge in [-0.05, 0) is 18.4 Å². The van der Waals surface area contributed by atoms with Crippen LogP contribution >= 0.6 is 0 Å². The molecule has 1 fully saturated rings. The van der Waals surface area contributed by atoms with E-state index in [0.29, 0.717) is 18.1 Å². The molecule has 1 saturated heterocycles. The van der Waals surface area contributed by atoms with E-state index in [9.17, 15) is 4.21 Å². The average Bonchev–Trinajstić information content (AvgIpc) is 3.14. The largest absolute Gasteiger partial charge is 0.379 e. The third kappa shape index (κ3) is 8.47. The van der Waals surface area contributed by atoms with Crippen molar-refractivity contribution in [3.8, 4) is 0 Å². The number of nitrogens with zero attached hydrogens (tertiary/aromatic N) is 1. The lowest BCUT2D eigenvalue weighted by atomic mass is 10.2. The van der Waals surface area contributed by atoms with Gasteiger partial charge in [-0.3, -0.25) is 9.20 Å². The maximum Gasteiger partial charge on any atom is 0.191 e. The van der Waals surface area contributed by atoms with Crippen LogP contribution in [0.3, 0.4) is 0 Å². The molecule has 1 aromatic rings. The van der Waals surface area contributed by atoms with Gasteiger partial charge in [0.15, 0.2) is 5.96 Å². The molecule has 140 valence electrons. The quantitative estimate of drug-likeness (QED) is 0.370. The molecule has 2 atom stereocenters. The van der Waals surface area contributed by atoms with Crippen LogP contribution in [0.5, 0.6) is 0 Å². The third-order valence-corrected chi connectivity index (χ3v) is 5.19. The molecule has 2 unspecified atom stereocenters. The van der Waals surface area contributed by atoms with Crippen LogP contribution in [-0.4, -0.2) is 62.0 Å². The number of ether oxygens (including phenoxy) is 2. The maximum absolute atomic E-state index is 12.1. The molecule has 7 heteroatoms. The predicted octanol–water partition coefficient (Wildman–Crippen LogP) is 1.30. The van der Waals surface area contributed by atoms with E-state index in [1.807, 2.05) is 30.3 Å². The van der Waals surface area contributed by atoms with E-state index in [1.54, 1.807) is 7.05 Å². The van der Waals surface area contributed by atoms with E-state index in [-0.39, 0.29) is 6.10 Å². The second-order valence-electron chi connectivity index (χ2n) is 5.91. The van der Waals surface area contributed by atoms with Crippen LogP contribution in [0.1, 0.15) is 18.4 Å². The minimum absolute atomic E-state index is 0.261. The summed E-state index contributed by atoms with van der Waals surface area (Å²) in [6.07, 6.45) is 2.17. The fourth-order valence-corrected chi connectivity index (χ4v) is 3.55. The van der Waals surface area contributed by atoms with Crippen molar-refractivity contribution in [2.24, 2.45) is 4.99 Å². The lowest BCUT2D eigenvalue weighted by Gasteiger charge is -2.13. The van der Waals surface area contributed by atoms with E-state index in [4.69, 9.17) is 9.47 Å². The van der Waals surface area contributed by atoms with Gasteiger partial charge in [-0.15, -0.1) is 0 Å². The Labute approximate surface area is 152 Å². The molecule has 1 heterocycles. The topological polar surface area (TPSA) is 72.0 Å². The van der Waals surface area contributed by atoms with Crippen LogP contribution in [0, 0.1) is 0 Å². The van der Waals surface area contributed by atoms with Crippen LogP contribution in [0.2, 0.25) is 0 Å². The summed E-state index contributed by atoms with van der Waals surface area (Å²) in [6.45, 7) is 3.68. The summed E-state index contributed by atoms with van der Waals surface area (Å²) in [6, 6.07) is 9.92. The normalized spacial score (nSPS) is 18.9. The Hall–Kier alpha value is -1.44. The van der Waals surface area contributed by atoms with Crippen molar-refractivity contribution < 1.29 is 13.7 Å². The molecule has 0 radical (unpaired) electrons. The highest BCUT2D eigenvalue weighted by Gasteiger charge is 2.15. The van der Waals surface area contributed by atoms with Crippen molar-refractivity contribution in [3.05, 3.63) is 35.9 Å². The van der Waals surface area contributed by atoms with Crippen molar-refractivity contribution in [2.75, 3.05) is 45.7 Å². The van der Waals surface area contributed by atoms with Gasteiger partial charge in [0.05, 0.1) is 12.7 Å². The Morgan fingerprint density at radius 3 is 2.84 bits per heavy atom. The van der Waals surface area contributed by atoms with Crippen LogP contribution in [0.4, 0.5) is 0 Å². The maximum atomic E-state index is 12.1. The zero-order valence-electron chi connectivity index (χ0n) is 14.9. The van der Waals surface area contributed by atoms with Crippen LogP contribution in [-0.2, 0) is 26.0 Å². The molecule has 0 spiro atoms. The summed E-state index contributed by atoms with van der Waals surface area (Å²) < 4.78 is 23.1. The molecule has 1 aliphatic rings. The Kier molecular flexibility index (Phi) is 9.54. The van der Waals surface area contributed by atoms with Crippen LogP contribution < -0.4 is 10.6 Å². The van der Waals surface area contributed by atoms with Gasteiger partial charge < -0.3 is 20.1 Å². The van der Waals surface area contributed by atoms with Crippen LogP contribution in [0.25, 0.3) is 0 Å². The number of hydrogen-bond acceptors (Lipinski definition) is 4. The van der Waals surface area contributed by atoms with Gasteiger partial charge >= 0.3 is 0 Å². The van der Waals surface area contributed by atoms with Crippen molar-refractivity contribution in [1.29, 1.82) is 0 Å². The summed E-state index contributed by atoms with van der Waals surface area (Å²) in [5.74, 6) is 1.93. The number of benzene rings is 1. The van der Waals surface area contributed by atoms with Crippen molar-refractivity contribution in [3.63, 3.8) is 0 Å². The first-order chi connectivity index (χ1) is 12.3. The zero-order valence-corrected chi connectivity index (χ0v) is 15.7. The lowest BCUT2D eigenvalue weighted by Crippen LogP contribution is -2.39. The molecule has 0 saturated carbocycles. The minimum atomic E-state index is -0.877. The Morgan fingerprint density at radius 2 is 2.12 bits per heavy atom. The van der Waals surface area contributed by atoms with Gasteiger partial charge in [0.2, 0.25) is 0 Å². The van der Waals surface area contributed by atoms with E-state index in [0.717, 1.165) is 50.7 Å². The first-order valence-corrected chi connectivity index (χ1v) is 10.3. The van der Waals surface area contributed by atoms with Gasteiger partial charge in [-0.2, -0.15) is 0 Å². The molecule has 1 aliphatic heterocycles. The van der Waals surface area contributed by atoms with Crippen molar-refractivity contribution in [2.45, 2.75) is 24.7 Å². The molecule has 2 rings (SSSR count). The number of nitrogens with one attached hydrogen (secondary N) is 2. The van der Waals surface area contributed by atoms with Crippen molar-refractivity contribution in [1.82, 2.24) is 10.6 Å². The number of aliphatic imine (C=N–C) groups is 1. The third-order valence-electron chi connectivity index (χ3n) is 3.87. The molecule has 0 aromatic heterocycles. The van der Waals surface area contributed by atoms with Gasteiger partial charge in [-0.1, -0.05) is 30.3 Å². The van der Waals surface area contributed by atoms with Gasteiger partial charge in [0.1, 0.15) is 0 Å². The van der Waals surface area contributed by atoms with Crippen molar-refractivity contribution >= 4 is 16.8 Å². The number of rotatable bonds is 10. The molecule has 2 N–H and O–H groups in total. The lowest BCUT2D eigenvalue weighted by molar-refractivity contribution is 0.0420. The summed E-state index contributed by atoms with van der Waals surface area (Å²) >= 11 is 0. The second kappa shape index (κ2) is 12.0. The molecular weight excluding hydrogens is 338 g/mol. The molecule has 1 aromatic carbocycles. The summed E-state index contributed by atoms with van der Waals surface area (Å²) in [7, 11) is 0.862. The van der Waals surface area contributed by atoms with Gasteiger partial charge in [-0.25, -0.2) is 0 Å². The summed E-state index contributed by atoms with van der Waals surface area (Å²) in [4.78, 5) is 4.18. The van der Waals surface area contributed by atoms with Gasteiger partial charge in [0.25, 0.3) is 0 Å². The molecule has 0 bridgehead atoms. The number of guanidine groups is 1. The van der Waals surface area contributed by atoms with E-state index >= 15 is 0 Å². The Balaban J connectivity index is 1.51. The molecule has 0 aliphatic carbocycles. The predicted molar refractivity (Wildman–Crippen MR) is 102 cm³/mol. The first kappa shape index (κ1) is 19.9. The zero-order chi connectivity index (χ0) is 17.7. The Morgan fingerprint density at radius 1 is 1.32 bits per heavy atom. The molecule has 25 heavy (non-hydrogen) atoms. The highest BCUT2D eigenvalue weighted by molar-refractivity contribution is 7.84. The second-order valence-corrected chi connectivity index (χ2v) is 7.49. The van der Waals surface area contributed by atoms with Gasteiger partial charge in [0, 0.05) is 55.7 Å². The van der Waals surface area contributed by atoms with E-state index < -0.39 is 10.8 Å². The Bertz CT molecular complexity index is 534. The molecule has 6 nitrogen and oxygen atoms in total. The molecular formula is C18H29N3O3S. The smallest absolute Gasteiger partial charge is 0.191 e. The SMILES string of the molecule is CN=C(NCCCOC1CCOC1)NCCS(=O)Cc1ccccc1. The fourth-order valence-electron chi connectivity index (χ4n) is 2.51. The summed E-state index contributed by atoms with van der Waals surface area (Å²) in [5.41, 5.74) is 1.11. The first-order valence-electron chi connectivity index (χ1n) is 8.80. The fraction of sp³-hybridized carbons (Fsp3) is 0.611. The summed E-state index contributed by atoms with van der Waals surface area (Å²) in [5, 5.41) is 6.45. The van der Waals surface area contributed by atoms with E-state index in [1.165, 1.54) is 0 Å². The average molecular weight is 368 g/mol. The highest BCUT2D eigenvalue weighted by Crippen LogP contribution is 2.07. The standard InChI is InChI=1S/C18H29N3O3S/c1-19-18(20-9-5-11-24-17-8-12-23-14-17)21-10-13-25(22)15-16-6-3-2-4-7-16/h2-4,6-7,17H,5,8-15H2,1H3,(H2,19,20,21). The highest BCUT2D eigenvalue weighted by atomic mass is 32.2. The van der Waals surface area contributed by atoms with E-state index in [2.05, 4.69) is 15.6 Å². The molecule has 0 amide bonds. The van der Waals surface area contributed by atoms with Crippen LogP contribution in [0.15, 0.2) is 35.3 Å². The monoisotopic (exact) mass is 367 g/mol. The minimum Gasteiger partial charge on any atom is -0.379 e. The number of hydrogen-bond donors (Lipinski definition) is 2.